The van der Waals surface area contributed by atoms with Gasteiger partial charge in [-0.05, 0) is 42.7 Å². The molecule has 3 N–H and O–H groups in total. The van der Waals surface area contributed by atoms with E-state index < -0.39 is 0 Å². The second-order valence-corrected chi connectivity index (χ2v) is 7.97. The number of morpholine rings is 1. The number of amides is 1. The number of methoxy groups -OCH3 is 3. The number of fused-ring (bicyclic) bond motifs is 1. The third kappa shape index (κ3) is 5.07. The van der Waals surface area contributed by atoms with E-state index in [-0.39, 0.29) is 12.0 Å². The molecule has 2 heterocycles. The maximum absolute atomic E-state index is 12.6. The Morgan fingerprint density at radius 2 is 1.91 bits per heavy atom. The van der Waals surface area contributed by atoms with Crippen LogP contribution in [0.5, 0.6) is 17.2 Å². The minimum absolute atomic E-state index is 0.0801. The van der Waals surface area contributed by atoms with Crippen LogP contribution in [0.4, 0.5) is 0 Å². The predicted octanol–water partition coefficient (Wildman–Crippen LogP) is 3.36. The predicted molar refractivity (Wildman–Crippen MR) is 128 cm³/mol. The molecule has 1 atom stereocenters. The summed E-state index contributed by atoms with van der Waals surface area (Å²) in [6.45, 7) is 3.17. The van der Waals surface area contributed by atoms with Gasteiger partial charge >= 0.3 is 0 Å². The van der Waals surface area contributed by atoms with Crippen molar-refractivity contribution in [3.05, 3.63) is 42.1 Å². The molecule has 2 aromatic carbocycles. The van der Waals surface area contributed by atoms with Crippen LogP contribution in [0.3, 0.4) is 0 Å². The number of rotatable bonds is 9. The Kier molecular flexibility index (Phi) is 7.36. The average Bonchev–Trinajstić information content (AvgIpc) is 3.29. The lowest BCUT2D eigenvalue weighted by Gasteiger charge is -2.23. The summed E-state index contributed by atoms with van der Waals surface area (Å²) in [4.78, 5) is 15.9. The van der Waals surface area contributed by atoms with Gasteiger partial charge in [0.15, 0.2) is 11.5 Å². The van der Waals surface area contributed by atoms with Gasteiger partial charge in [0.05, 0.1) is 34.0 Å². The Balaban J connectivity index is 1.46. The fraction of sp³-hybridized carbons (Fsp3) is 0.400. The number of H-pyrrole nitrogens is 1. The van der Waals surface area contributed by atoms with Gasteiger partial charge in [0.2, 0.25) is 5.75 Å². The first-order chi connectivity index (χ1) is 16.1. The Labute approximate surface area is 193 Å². The van der Waals surface area contributed by atoms with Gasteiger partial charge in [0, 0.05) is 47.9 Å². The van der Waals surface area contributed by atoms with Gasteiger partial charge in [0.1, 0.15) is 0 Å². The van der Waals surface area contributed by atoms with Gasteiger partial charge in [0.25, 0.3) is 5.91 Å². The van der Waals surface area contributed by atoms with E-state index in [2.05, 4.69) is 15.6 Å². The molecule has 1 amide bonds. The van der Waals surface area contributed by atoms with Crippen molar-refractivity contribution in [1.82, 2.24) is 15.6 Å². The van der Waals surface area contributed by atoms with Gasteiger partial charge in [-0.1, -0.05) is 6.07 Å². The summed E-state index contributed by atoms with van der Waals surface area (Å²) in [5.41, 5.74) is 3.41. The molecule has 3 aromatic rings. The van der Waals surface area contributed by atoms with E-state index in [1.165, 1.54) is 0 Å². The molecule has 33 heavy (non-hydrogen) atoms. The third-order valence-electron chi connectivity index (χ3n) is 5.91. The lowest BCUT2D eigenvalue weighted by Crippen LogP contribution is -2.38. The highest BCUT2D eigenvalue weighted by Gasteiger charge is 2.17. The highest BCUT2D eigenvalue weighted by molar-refractivity contribution is 6.02. The Hall–Kier alpha value is -3.23. The molecule has 0 aliphatic carbocycles. The second kappa shape index (κ2) is 10.6. The number of nitrogens with one attached hydrogen (secondary N) is 3. The largest absolute Gasteiger partial charge is 0.493 e. The summed E-state index contributed by atoms with van der Waals surface area (Å²) < 4.78 is 22.1. The van der Waals surface area contributed by atoms with Crippen LogP contribution in [0.25, 0.3) is 22.0 Å². The number of hydrogen-bond acceptors (Lipinski definition) is 6. The van der Waals surface area contributed by atoms with Crippen LogP contribution in [0.15, 0.2) is 36.5 Å². The lowest BCUT2D eigenvalue weighted by molar-refractivity contribution is 0.0225. The van der Waals surface area contributed by atoms with E-state index in [0.29, 0.717) is 29.4 Å². The zero-order valence-electron chi connectivity index (χ0n) is 19.3. The van der Waals surface area contributed by atoms with E-state index in [1.54, 1.807) is 21.3 Å². The fourth-order valence-corrected chi connectivity index (χ4v) is 4.18. The van der Waals surface area contributed by atoms with Gasteiger partial charge < -0.3 is 34.6 Å². The molecule has 1 aliphatic heterocycles. The van der Waals surface area contributed by atoms with Crippen molar-refractivity contribution in [1.29, 1.82) is 0 Å². The van der Waals surface area contributed by atoms with Crippen molar-refractivity contribution in [3.8, 4) is 28.4 Å². The number of benzene rings is 2. The summed E-state index contributed by atoms with van der Waals surface area (Å²) in [6.07, 6.45) is 3.97. The zero-order chi connectivity index (χ0) is 23.2. The van der Waals surface area contributed by atoms with Crippen LogP contribution in [-0.2, 0) is 4.74 Å². The number of carbonyl (C=O) groups is 1. The molecule has 0 spiro atoms. The van der Waals surface area contributed by atoms with Crippen molar-refractivity contribution >= 4 is 16.8 Å². The molecule has 4 rings (SSSR count). The third-order valence-corrected chi connectivity index (χ3v) is 5.91. The van der Waals surface area contributed by atoms with Gasteiger partial charge in [-0.2, -0.15) is 0 Å². The maximum Gasteiger partial charge on any atom is 0.251 e. The summed E-state index contributed by atoms with van der Waals surface area (Å²) in [6, 6.07) is 9.51. The van der Waals surface area contributed by atoms with E-state index in [9.17, 15) is 4.79 Å². The standard InChI is InChI=1S/C25H31N3O5/c1-30-22-12-17(13-23(31-2)24(22)32-3)20-15-28-21-11-16(6-7-19(20)21)25(29)27-8-4-5-18-14-26-9-10-33-18/h6-7,11-13,15,18,26,28H,4-5,8-10,14H2,1-3H3,(H,27,29). The van der Waals surface area contributed by atoms with E-state index in [4.69, 9.17) is 18.9 Å². The molecular formula is C25H31N3O5. The number of carbonyl (C=O) groups excluding carboxylic acids is 1. The highest BCUT2D eigenvalue weighted by atomic mass is 16.5. The van der Waals surface area contributed by atoms with Crippen LogP contribution in [0.1, 0.15) is 23.2 Å². The quantitative estimate of drug-likeness (QED) is 0.430. The number of aromatic nitrogens is 1. The molecule has 1 aromatic heterocycles. The first kappa shape index (κ1) is 22.9. The first-order valence-corrected chi connectivity index (χ1v) is 11.2. The molecule has 1 unspecified atom stereocenters. The highest BCUT2D eigenvalue weighted by Crippen LogP contribution is 2.42. The van der Waals surface area contributed by atoms with Gasteiger partial charge in [-0.25, -0.2) is 0 Å². The van der Waals surface area contributed by atoms with Crippen molar-refractivity contribution < 1.29 is 23.7 Å². The minimum atomic E-state index is -0.0801. The SMILES string of the molecule is COc1cc(-c2c[nH]c3cc(C(=O)NCCCC4CNCCO4)ccc23)cc(OC)c1OC. The minimum Gasteiger partial charge on any atom is -0.493 e. The second-order valence-electron chi connectivity index (χ2n) is 7.97. The maximum atomic E-state index is 12.6. The first-order valence-electron chi connectivity index (χ1n) is 11.2. The monoisotopic (exact) mass is 453 g/mol. The summed E-state index contributed by atoms with van der Waals surface area (Å²) in [5.74, 6) is 1.65. The van der Waals surface area contributed by atoms with E-state index >= 15 is 0 Å². The lowest BCUT2D eigenvalue weighted by atomic mass is 10.0. The molecule has 8 heteroatoms. The van der Waals surface area contributed by atoms with Crippen LogP contribution >= 0.6 is 0 Å². The molecule has 1 saturated heterocycles. The van der Waals surface area contributed by atoms with E-state index in [0.717, 1.165) is 54.6 Å². The Morgan fingerprint density at radius 1 is 1.12 bits per heavy atom. The summed E-state index contributed by atoms with van der Waals surface area (Å²) >= 11 is 0. The number of hydrogen-bond donors (Lipinski definition) is 3. The van der Waals surface area contributed by atoms with Crippen molar-refractivity contribution in [3.63, 3.8) is 0 Å². The van der Waals surface area contributed by atoms with Crippen LogP contribution in [0, 0.1) is 0 Å². The average molecular weight is 454 g/mol. The topological polar surface area (TPSA) is 93.8 Å². The van der Waals surface area contributed by atoms with Crippen LogP contribution < -0.4 is 24.8 Å². The molecule has 0 bridgehead atoms. The van der Waals surface area contributed by atoms with E-state index in [1.807, 2.05) is 36.5 Å². The smallest absolute Gasteiger partial charge is 0.251 e. The van der Waals surface area contributed by atoms with Gasteiger partial charge in [-0.15, -0.1) is 0 Å². The molecule has 176 valence electrons. The van der Waals surface area contributed by atoms with Crippen molar-refractivity contribution in [2.45, 2.75) is 18.9 Å². The van der Waals surface area contributed by atoms with Crippen molar-refractivity contribution in [2.24, 2.45) is 0 Å². The molecule has 8 nitrogen and oxygen atoms in total. The molecule has 0 saturated carbocycles. The molecule has 1 fully saturated rings. The molecule has 1 aliphatic rings. The zero-order valence-corrected chi connectivity index (χ0v) is 19.3. The summed E-state index contributed by atoms with van der Waals surface area (Å²) in [7, 11) is 4.78. The van der Waals surface area contributed by atoms with Crippen LogP contribution in [-0.4, -0.2) is 64.6 Å². The summed E-state index contributed by atoms with van der Waals surface area (Å²) in [5, 5.41) is 7.33. The number of ether oxygens (including phenoxy) is 4. The number of aromatic amines is 1. The Bertz CT molecular complexity index is 1080. The normalized spacial score (nSPS) is 15.9. The fourth-order valence-electron chi connectivity index (χ4n) is 4.18. The molecular weight excluding hydrogens is 422 g/mol. The Morgan fingerprint density at radius 3 is 2.58 bits per heavy atom. The van der Waals surface area contributed by atoms with Crippen LogP contribution in [0.2, 0.25) is 0 Å². The molecule has 0 radical (unpaired) electrons. The van der Waals surface area contributed by atoms with Gasteiger partial charge in [-0.3, -0.25) is 4.79 Å². The van der Waals surface area contributed by atoms with Crippen molar-refractivity contribution in [2.75, 3.05) is 47.6 Å².